The maximum atomic E-state index is 12.1. The van der Waals surface area contributed by atoms with E-state index in [9.17, 15) is 45.6 Å². The van der Waals surface area contributed by atoms with Crippen molar-refractivity contribution in [1.82, 2.24) is 0 Å². The minimum absolute atomic E-state index is 0.0851. The van der Waals surface area contributed by atoms with Crippen molar-refractivity contribution in [3.8, 4) is 11.5 Å². The van der Waals surface area contributed by atoms with Gasteiger partial charge in [0.2, 0.25) is 5.79 Å². The molecule has 0 bridgehead atoms. The Bertz CT molecular complexity index is 924. The molecule has 2 aliphatic rings. The predicted octanol–water partition coefficient (Wildman–Crippen LogP) is -3.42. The molecule has 2 aliphatic heterocycles. The topological polar surface area (TPSA) is 225 Å². The third kappa shape index (κ3) is 5.78. The number of phenols is 1. The summed E-state index contributed by atoms with van der Waals surface area (Å²) >= 11 is 0. The number of hydrogen-bond donors (Lipinski definition) is 8. The number of rotatable bonds is 9. The number of hydrogen-bond acceptors (Lipinski definition) is 14. The first-order valence-corrected chi connectivity index (χ1v) is 10.9. The van der Waals surface area contributed by atoms with Crippen LogP contribution in [0.25, 0.3) is 6.08 Å². The van der Waals surface area contributed by atoms with Gasteiger partial charge in [0, 0.05) is 6.08 Å². The van der Waals surface area contributed by atoms with Gasteiger partial charge in [-0.05, 0) is 23.8 Å². The number of aromatic hydroxyl groups is 1. The second-order valence-corrected chi connectivity index (χ2v) is 8.27. The first-order valence-electron chi connectivity index (χ1n) is 10.9. The van der Waals surface area contributed by atoms with Crippen LogP contribution in [0.3, 0.4) is 0 Å². The molecule has 2 heterocycles. The molecule has 0 unspecified atom stereocenters. The highest BCUT2D eigenvalue weighted by Gasteiger charge is 2.58. The molecule has 2 saturated heterocycles. The van der Waals surface area contributed by atoms with E-state index in [1.807, 2.05) is 0 Å². The second-order valence-electron chi connectivity index (χ2n) is 8.27. The quantitative estimate of drug-likeness (QED) is 0.118. The van der Waals surface area contributed by atoms with Crippen LogP contribution in [-0.2, 0) is 23.7 Å². The fraction of sp³-hybridized carbons (Fsp3) is 0.591. The van der Waals surface area contributed by atoms with Gasteiger partial charge in [0.1, 0.15) is 55.9 Å². The molecule has 36 heavy (non-hydrogen) atoms. The summed E-state index contributed by atoms with van der Waals surface area (Å²) in [6.07, 6.45) is -11.1. The van der Waals surface area contributed by atoms with E-state index in [4.69, 9.17) is 23.7 Å². The number of phenolic OH excluding ortho intramolecular Hbond substituents is 1. The monoisotopic (exact) mass is 518 g/mol. The third-order valence-electron chi connectivity index (χ3n) is 5.90. The van der Waals surface area contributed by atoms with Crippen LogP contribution < -0.4 is 4.74 Å². The molecule has 0 radical (unpaired) electrons. The number of esters is 1. The average molecular weight is 518 g/mol. The van der Waals surface area contributed by atoms with E-state index >= 15 is 0 Å². The Kier molecular flexibility index (Phi) is 9.23. The van der Waals surface area contributed by atoms with Gasteiger partial charge in [-0.25, -0.2) is 4.79 Å². The van der Waals surface area contributed by atoms with Crippen molar-refractivity contribution in [2.45, 2.75) is 54.8 Å². The lowest BCUT2D eigenvalue weighted by molar-refractivity contribution is -0.383. The average Bonchev–Trinajstić information content (AvgIpc) is 3.12. The first kappa shape index (κ1) is 28.2. The van der Waals surface area contributed by atoms with Gasteiger partial charge in [-0.2, -0.15) is 0 Å². The van der Waals surface area contributed by atoms with Crippen LogP contribution in [-0.4, -0.2) is 129 Å². The minimum Gasteiger partial charge on any atom is -0.504 e. The Balaban J connectivity index is 1.64. The molecule has 14 nitrogen and oxygen atoms in total. The maximum absolute atomic E-state index is 12.1. The molecular weight excluding hydrogens is 488 g/mol. The zero-order valence-electron chi connectivity index (χ0n) is 19.2. The van der Waals surface area contributed by atoms with Crippen LogP contribution in [0, 0.1) is 0 Å². The van der Waals surface area contributed by atoms with Crippen LogP contribution in [0.15, 0.2) is 24.3 Å². The lowest BCUT2D eigenvalue weighted by atomic mass is 9.99. The van der Waals surface area contributed by atoms with Crippen molar-refractivity contribution in [2.24, 2.45) is 0 Å². The third-order valence-corrected chi connectivity index (χ3v) is 5.90. The van der Waals surface area contributed by atoms with Gasteiger partial charge in [-0.3, -0.25) is 0 Å². The van der Waals surface area contributed by atoms with Crippen molar-refractivity contribution in [3.05, 3.63) is 29.8 Å². The maximum Gasteiger partial charge on any atom is 0.330 e. The van der Waals surface area contributed by atoms with Crippen molar-refractivity contribution < 1.29 is 69.3 Å². The number of methoxy groups -OCH3 is 1. The molecule has 1 aromatic rings. The van der Waals surface area contributed by atoms with E-state index in [1.54, 1.807) is 0 Å². The zero-order chi connectivity index (χ0) is 26.6. The molecule has 1 aromatic carbocycles. The number of benzene rings is 1. The number of aliphatic hydroxyl groups excluding tert-OH is 7. The van der Waals surface area contributed by atoms with Crippen LogP contribution in [0.2, 0.25) is 0 Å². The van der Waals surface area contributed by atoms with Crippen LogP contribution in [0.1, 0.15) is 5.56 Å². The lowest BCUT2D eigenvalue weighted by Crippen LogP contribution is -2.62. The largest absolute Gasteiger partial charge is 0.504 e. The summed E-state index contributed by atoms with van der Waals surface area (Å²) in [5.74, 6) is -3.07. The summed E-state index contributed by atoms with van der Waals surface area (Å²) < 4.78 is 26.0. The Hall–Kier alpha value is -2.37. The normalized spacial score (nSPS) is 36.8. The van der Waals surface area contributed by atoms with Gasteiger partial charge >= 0.3 is 5.97 Å². The van der Waals surface area contributed by atoms with Gasteiger partial charge < -0.3 is 64.5 Å². The standard InChI is InChI=1S/C22H30O14/c1-32-12-6-10(2-4-11(12)25)3-5-15(26)33-8-14-16(27)18(29)19(30)21(34-14)36-22(9-24)20(31)17(28)13(7-23)35-22/h2-6,13-14,16-21,23-25,27-31H,7-9H2,1H3/b5-3+/t13-,14+,16+,17-,18-,19+,20+,21+,22+/m0/s1. The Morgan fingerprint density at radius 3 is 2.39 bits per heavy atom. The summed E-state index contributed by atoms with van der Waals surface area (Å²) in [5.41, 5.74) is 0.510. The smallest absolute Gasteiger partial charge is 0.330 e. The van der Waals surface area contributed by atoms with Gasteiger partial charge in [0.05, 0.1) is 13.7 Å². The summed E-state index contributed by atoms with van der Waals surface area (Å²) in [7, 11) is 1.36. The summed E-state index contributed by atoms with van der Waals surface area (Å²) in [5, 5.41) is 79.6. The molecule has 0 amide bonds. The van der Waals surface area contributed by atoms with Crippen LogP contribution in [0.5, 0.6) is 11.5 Å². The van der Waals surface area contributed by atoms with E-state index in [1.165, 1.54) is 31.4 Å². The van der Waals surface area contributed by atoms with Crippen molar-refractivity contribution in [1.29, 1.82) is 0 Å². The Morgan fingerprint density at radius 1 is 1.06 bits per heavy atom. The van der Waals surface area contributed by atoms with Gasteiger partial charge in [-0.15, -0.1) is 0 Å². The van der Waals surface area contributed by atoms with Gasteiger partial charge in [0.15, 0.2) is 17.8 Å². The zero-order valence-corrected chi connectivity index (χ0v) is 19.2. The fourth-order valence-electron chi connectivity index (χ4n) is 3.79. The summed E-state index contributed by atoms with van der Waals surface area (Å²) in [6.45, 7) is -2.34. The molecule has 0 aromatic heterocycles. The number of ether oxygens (including phenoxy) is 5. The highest BCUT2D eigenvalue weighted by Crippen LogP contribution is 2.36. The molecule has 14 heteroatoms. The van der Waals surface area contributed by atoms with E-state index in [0.717, 1.165) is 6.08 Å². The number of carbonyl (C=O) groups excluding carboxylic acids is 1. The van der Waals surface area contributed by atoms with Gasteiger partial charge in [0.25, 0.3) is 0 Å². The molecule has 0 aliphatic carbocycles. The van der Waals surface area contributed by atoms with Crippen LogP contribution >= 0.6 is 0 Å². The number of aliphatic hydroxyl groups is 7. The van der Waals surface area contributed by atoms with Gasteiger partial charge in [-0.1, -0.05) is 6.07 Å². The molecule has 0 saturated carbocycles. The SMILES string of the molecule is COc1cc(/C=C/C(=O)OC[C@H]2O[C@H](O[C@@]3(CO)O[C@@H](CO)[C@H](O)[C@H]3O)[C@H](O)[C@@H](O)[C@@H]2O)ccc1O. The fourth-order valence-corrected chi connectivity index (χ4v) is 3.79. The Morgan fingerprint density at radius 2 is 1.78 bits per heavy atom. The molecule has 3 rings (SSSR count). The molecule has 8 N–H and O–H groups in total. The molecule has 9 atom stereocenters. The van der Waals surface area contributed by atoms with E-state index in [-0.39, 0.29) is 11.5 Å². The second kappa shape index (κ2) is 11.8. The Labute approximate surface area is 205 Å². The first-order chi connectivity index (χ1) is 17.1. The molecular formula is C22H30O14. The molecule has 2 fully saturated rings. The predicted molar refractivity (Wildman–Crippen MR) is 116 cm³/mol. The lowest BCUT2D eigenvalue weighted by Gasteiger charge is -2.43. The van der Waals surface area contributed by atoms with Crippen molar-refractivity contribution in [3.63, 3.8) is 0 Å². The van der Waals surface area contributed by atoms with Crippen molar-refractivity contribution in [2.75, 3.05) is 26.9 Å². The highest BCUT2D eigenvalue weighted by atomic mass is 16.8. The van der Waals surface area contributed by atoms with Crippen molar-refractivity contribution >= 4 is 12.0 Å². The van der Waals surface area contributed by atoms with Crippen LogP contribution in [0.4, 0.5) is 0 Å². The highest BCUT2D eigenvalue weighted by molar-refractivity contribution is 5.87. The van der Waals surface area contributed by atoms with E-state index < -0.39 is 80.6 Å². The molecule has 0 spiro atoms. The minimum atomic E-state index is -2.32. The summed E-state index contributed by atoms with van der Waals surface area (Å²) in [6, 6.07) is 4.36. The summed E-state index contributed by atoms with van der Waals surface area (Å²) in [4.78, 5) is 12.1. The molecule has 202 valence electrons. The number of carbonyl (C=O) groups is 1. The van der Waals surface area contributed by atoms with E-state index in [0.29, 0.717) is 5.56 Å². The van der Waals surface area contributed by atoms with E-state index in [2.05, 4.69) is 0 Å².